The number of nitrogens with one attached hydrogen (secondary N) is 1. The Labute approximate surface area is 144 Å². The summed E-state index contributed by atoms with van der Waals surface area (Å²) < 4.78 is 38.8. The molecule has 0 bridgehead atoms. The molecule has 0 spiro atoms. The molecule has 1 fully saturated rings. The van der Waals surface area contributed by atoms with Gasteiger partial charge in [-0.15, -0.1) is 0 Å². The predicted octanol–water partition coefficient (Wildman–Crippen LogP) is 2.59. The van der Waals surface area contributed by atoms with Crippen LogP contribution in [0.2, 0.25) is 0 Å². The maximum atomic E-state index is 12.9. The lowest BCUT2D eigenvalue weighted by atomic mass is 10.1. The highest BCUT2D eigenvalue weighted by molar-refractivity contribution is 5.93. The number of alkyl halides is 3. The first-order valence-corrected chi connectivity index (χ1v) is 8.27. The van der Waals surface area contributed by atoms with Crippen molar-refractivity contribution in [2.24, 2.45) is 0 Å². The molecule has 5 nitrogen and oxygen atoms in total. The molecular weight excluding hydrogens is 335 g/mol. The number of piperazine rings is 1. The molecule has 0 aliphatic carbocycles. The standard InChI is InChI=1S/C17H22F3N3O2/c1-2-5-16(25)23-10-8-22(9-11-23)12-15(24)21-14-7-4-3-6-13(14)17(18,19)20/h3-4,6-7H,2,5,8-12H2,1H3,(H,21,24). The minimum absolute atomic E-state index is 0.00198. The van der Waals surface area contributed by atoms with Gasteiger partial charge in [-0.3, -0.25) is 14.5 Å². The van der Waals surface area contributed by atoms with E-state index in [1.54, 1.807) is 4.90 Å². The molecule has 2 rings (SSSR count). The maximum Gasteiger partial charge on any atom is 0.418 e. The van der Waals surface area contributed by atoms with Gasteiger partial charge in [0.1, 0.15) is 0 Å². The van der Waals surface area contributed by atoms with Crippen molar-refractivity contribution in [3.8, 4) is 0 Å². The first-order valence-electron chi connectivity index (χ1n) is 8.27. The number of rotatable bonds is 5. The Morgan fingerprint density at radius 3 is 2.36 bits per heavy atom. The average Bonchev–Trinajstić information content (AvgIpc) is 2.55. The third-order valence-corrected chi connectivity index (χ3v) is 4.06. The van der Waals surface area contributed by atoms with Gasteiger partial charge in [0.15, 0.2) is 0 Å². The number of hydrogen-bond acceptors (Lipinski definition) is 3. The van der Waals surface area contributed by atoms with Gasteiger partial charge in [0.05, 0.1) is 17.8 Å². The number of carbonyl (C=O) groups excluding carboxylic acids is 2. The van der Waals surface area contributed by atoms with Gasteiger partial charge in [0, 0.05) is 32.6 Å². The number of halogens is 3. The Hall–Kier alpha value is -2.09. The monoisotopic (exact) mass is 357 g/mol. The third kappa shape index (κ3) is 5.45. The quantitative estimate of drug-likeness (QED) is 0.881. The number of benzene rings is 1. The smallest absolute Gasteiger partial charge is 0.340 e. The summed E-state index contributed by atoms with van der Waals surface area (Å²) in [6.45, 7) is 4.07. The second-order valence-electron chi connectivity index (χ2n) is 6.00. The van der Waals surface area contributed by atoms with Crippen LogP contribution in [0.5, 0.6) is 0 Å². The Morgan fingerprint density at radius 2 is 1.76 bits per heavy atom. The van der Waals surface area contributed by atoms with E-state index < -0.39 is 17.6 Å². The molecule has 0 saturated carbocycles. The van der Waals surface area contributed by atoms with Crippen molar-refractivity contribution in [2.45, 2.75) is 25.9 Å². The van der Waals surface area contributed by atoms with Crippen LogP contribution in [0, 0.1) is 0 Å². The second kappa shape index (κ2) is 8.33. The number of para-hydroxylation sites is 1. The highest BCUT2D eigenvalue weighted by atomic mass is 19.4. The number of carbonyl (C=O) groups is 2. The summed E-state index contributed by atoms with van der Waals surface area (Å²) in [5.74, 6) is -0.393. The van der Waals surface area contributed by atoms with Crippen LogP contribution in [-0.4, -0.2) is 54.3 Å². The highest BCUT2D eigenvalue weighted by Crippen LogP contribution is 2.34. The van der Waals surface area contributed by atoms with Crippen LogP contribution in [0.1, 0.15) is 25.3 Å². The molecule has 0 atom stereocenters. The lowest BCUT2D eigenvalue weighted by Gasteiger charge is -2.34. The first-order chi connectivity index (χ1) is 11.8. The van der Waals surface area contributed by atoms with E-state index in [1.807, 2.05) is 11.8 Å². The zero-order valence-corrected chi connectivity index (χ0v) is 14.1. The molecule has 138 valence electrons. The molecule has 1 aromatic carbocycles. The van der Waals surface area contributed by atoms with Crippen molar-refractivity contribution in [2.75, 3.05) is 38.0 Å². The van der Waals surface area contributed by atoms with E-state index in [-0.39, 0.29) is 18.1 Å². The lowest BCUT2D eigenvalue weighted by Crippen LogP contribution is -2.50. The summed E-state index contributed by atoms with van der Waals surface area (Å²) in [5, 5.41) is 2.34. The number of amides is 2. The highest BCUT2D eigenvalue weighted by Gasteiger charge is 2.33. The number of nitrogens with zero attached hydrogens (tertiary/aromatic N) is 2. The first kappa shape index (κ1) is 19.2. The van der Waals surface area contributed by atoms with E-state index in [9.17, 15) is 22.8 Å². The van der Waals surface area contributed by atoms with Crippen LogP contribution in [0.4, 0.5) is 18.9 Å². The maximum absolute atomic E-state index is 12.9. The molecule has 1 aromatic rings. The summed E-state index contributed by atoms with van der Waals surface area (Å²) >= 11 is 0. The van der Waals surface area contributed by atoms with Gasteiger partial charge in [0.2, 0.25) is 11.8 Å². The Morgan fingerprint density at radius 1 is 1.12 bits per heavy atom. The van der Waals surface area contributed by atoms with Crippen molar-refractivity contribution in [1.82, 2.24) is 9.80 Å². The number of anilines is 1. The van der Waals surface area contributed by atoms with Gasteiger partial charge < -0.3 is 10.2 Å². The van der Waals surface area contributed by atoms with Crippen LogP contribution in [0.25, 0.3) is 0 Å². The van der Waals surface area contributed by atoms with Gasteiger partial charge in [-0.25, -0.2) is 0 Å². The fourth-order valence-corrected chi connectivity index (χ4v) is 2.76. The summed E-state index contributed by atoms with van der Waals surface area (Å²) in [7, 11) is 0. The molecular formula is C17H22F3N3O2. The predicted molar refractivity (Wildman–Crippen MR) is 88.0 cm³/mol. The summed E-state index contributed by atoms with van der Waals surface area (Å²) in [4.78, 5) is 27.5. The lowest BCUT2D eigenvalue weighted by molar-refractivity contribution is -0.137. The van der Waals surface area contributed by atoms with Crippen LogP contribution in [0.3, 0.4) is 0 Å². The van der Waals surface area contributed by atoms with Gasteiger partial charge in [0.25, 0.3) is 0 Å². The minimum atomic E-state index is -4.52. The molecule has 0 unspecified atom stereocenters. The van der Waals surface area contributed by atoms with E-state index >= 15 is 0 Å². The average molecular weight is 357 g/mol. The summed E-state index contributed by atoms with van der Waals surface area (Å²) in [6, 6.07) is 4.91. The van der Waals surface area contributed by atoms with E-state index in [1.165, 1.54) is 18.2 Å². The third-order valence-electron chi connectivity index (χ3n) is 4.06. The van der Waals surface area contributed by atoms with Gasteiger partial charge >= 0.3 is 6.18 Å². The second-order valence-corrected chi connectivity index (χ2v) is 6.00. The Bertz CT molecular complexity index is 611. The SMILES string of the molecule is CCCC(=O)N1CCN(CC(=O)Nc2ccccc2C(F)(F)F)CC1. The van der Waals surface area contributed by atoms with Crippen LogP contribution in [0.15, 0.2) is 24.3 Å². The van der Waals surface area contributed by atoms with E-state index in [4.69, 9.17) is 0 Å². The van der Waals surface area contributed by atoms with E-state index in [2.05, 4.69) is 5.32 Å². The molecule has 1 saturated heterocycles. The van der Waals surface area contributed by atoms with Crippen molar-refractivity contribution in [3.05, 3.63) is 29.8 Å². The number of hydrogen-bond donors (Lipinski definition) is 1. The van der Waals surface area contributed by atoms with E-state index in [0.717, 1.165) is 12.5 Å². The van der Waals surface area contributed by atoms with Crippen LogP contribution in [-0.2, 0) is 15.8 Å². The Kier molecular flexibility index (Phi) is 6.41. The van der Waals surface area contributed by atoms with Gasteiger partial charge in [-0.1, -0.05) is 19.1 Å². The molecule has 25 heavy (non-hydrogen) atoms. The van der Waals surface area contributed by atoms with Crippen molar-refractivity contribution in [1.29, 1.82) is 0 Å². The van der Waals surface area contributed by atoms with Crippen molar-refractivity contribution < 1.29 is 22.8 Å². The van der Waals surface area contributed by atoms with Crippen molar-refractivity contribution in [3.63, 3.8) is 0 Å². The summed E-state index contributed by atoms with van der Waals surface area (Å²) in [6.07, 6.45) is -3.22. The molecule has 1 heterocycles. The van der Waals surface area contributed by atoms with Gasteiger partial charge in [-0.05, 0) is 18.6 Å². The molecule has 1 aliphatic heterocycles. The molecule has 0 radical (unpaired) electrons. The molecule has 0 aromatic heterocycles. The fraction of sp³-hybridized carbons (Fsp3) is 0.529. The molecule has 8 heteroatoms. The van der Waals surface area contributed by atoms with Crippen molar-refractivity contribution >= 4 is 17.5 Å². The largest absolute Gasteiger partial charge is 0.418 e. The summed E-state index contributed by atoms with van der Waals surface area (Å²) in [5.41, 5.74) is -1.10. The fourth-order valence-electron chi connectivity index (χ4n) is 2.76. The minimum Gasteiger partial charge on any atom is -0.340 e. The van der Waals surface area contributed by atoms with E-state index in [0.29, 0.717) is 32.6 Å². The zero-order chi connectivity index (χ0) is 18.4. The molecule has 1 N–H and O–H groups in total. The topological polar surface area (TPSA) is 52.7 Å². The molecule has 2 amide bonds. The van der Waals surface area contributed by atoms with Crippen LogP contribution < -0.4 is 5.32 Å². The normalized spacial score (nSPS) is 15.9. The van der Waals surface area contributed by atoms with Crippen LogP contribution >= 0.6 is 0 Å². The Balaban J connectivity index is 1.87. The molecule has 1 aliphatic rings. The zero-order valence-electron chi connectivity index (χ0n) is 14.1. The van der Waals surface area contributed by atoms with Gasteiger partial charge in [-0.2, -0.15) is 13.2 Å².